The van der Waals surface area contributed by atoms with Gasteiger partial charge >= 0.3 is 0 Å². The van der Waals surface area contributed by atoms with Crippen molar-refractivity contribution < 1.29 is 9.53 Å². The van der Waals surface area contributed by atoms with Gasteiger partial charge in [-0.05, 0) is 42.8 Å². The molecule has 0 bridgehead atoms. The van der Waals surface area contributed by atoms with Crippen molar-refractivity contribution in [2.45, 2.75) is 6.92 Å². The molecule has 2 heterocycles. The van der Waals surface area contributed by atoms with Crippen LogP contribution >= 0.6 is 11.6 Å². The Morgan fingerprint density at radius 1 is 1.09 bits per heavy atom. The standard InChI is InChI=1S/C25H21ClN6O2/c1-13-3-6-15(26)11-18(13)23-21(24(28)33)17(22(32-23)19-9-10-30-25(29)31-19)8-5-14-4-7-16(27)12-20(14)34-2/h3-4,6-7,9-12,32H,27H2,1-2H3,(H2,28,33)(H2,29,30,31). The fourth-order valence-electron chi connectivity index (χ4n) is 3.58. The molecule has 0 saturated carbocycles. The maximum Gasteiger partial charge on any atom is 0.252 e. The lowest BCUT2D eigenvalue weighted by Gasteiger charge is -2.07. The number of carbonyl (C=O) groups excluding carboxylic acids is 1. The van der Waals surface area contributed by atoms with Crippen LogP contribution in [0, 0.1) is 18.8 Å². The molecule has 0 saturated heterocycles. The zero-order valence-corrected chi connectivity index (χ0v) is 19.2. The van der Waals surface area contributed by atoms with Crippen molar-refractivity contribution in [2.75, 3.05) is 18.6 Å². The number of carbonyl (C=O) groups is 1. The van der Waals surface area contributed by atoms with Gasteiger partial charge in [0.15, 0.2) is 0 Å². The van der Waals surface area contributed by atoms with Crippen molar-refractivity contribution in [1.82, 2.24) is 15.0 Å². The second kappa shape index (κ2) is 9.17. The van der Waals surface area contributed by atoms with Gasteiger partial charge in [-0.1, -0.05) is 29.5 Å². The number of aryl methyl sites for hydroxylation is 1. The summed E-state index contributed by atoms with van der Waals surface area (Å²) in [4.78, 5) is 24.2. The number of aromatic amines is 1. The first-order chi connectivity index (χ1) is 16.3. The summed E-state index contributed by atoms with van der Waals surface area (Å²) in [6.07, 6.45) is 1.52. The Morgan fingerprint density at radius 3 is 2.59 bits per heavy atom. The summed E-state index contributed by atoms with van der Waals surface area (Å²) >= 11 is 6.25. The molecule has 9 heteroatoms. The highest BCUT2D eigenvalue weighted by Gasteiger charge is 2.24. The molecule has 4 rings (SSSR count). The van der Waals surface area contributed by atoms with Gasteiger partial charge in [0.1, 0.15) is 5.75 Å². The Morgan fingerprint density at radius 2 is 1.88 bits per heavy atom. The minimum absolute atomic E-state index is 0.0762. The van der Waals surface area contributed by atoms with Crippen LogP contribution in [0.5, 0.6) is 5.75 Å². The Kier molecular flexibility index (Phi) is 6.13. The maximum absolute atomic E-state index is 12.7. The summed E-state index contributed by atoms with van der Waals surface area (Å²) in [6.45, 7) is 1.91. The van der Waals surface area contributed by atoms with E-state index in [0.717, 1.165) is 5.56 Å². The molecule has 34 heavy (non-hydrogen) atoms. The molecule has 0 aliphatic heterocycles. The van der Waals surface area contributed by atoms with Crippen LogP contribution in [-0.2, 0) is 0 Å². The number of rotatable bonds is 4. The van der Waals surface area contributed by atoms with E-state index < -0.39 is 5.91 Å². The van der Waals surface area contributed by atoms with E-state index >= 15 is 0 Å². The number of nitrogens with one attached hydrogen (secondary N) is 1. The number of hydrogen-bond donors (Lipinski definition) is 4. The smallest absolute Gasteiger partial charge is 0.252 e. The summed E-state index contributed by atoms with van der Waals surface area (Å²) < 4.78 is 5.39. The lowest BCUT2D eigenvalue weighted by Crippen LogP contribution is -2.13. The third-order valence-corrected chi connectivity index (χ3v) is 5.43. The minimum atomic E-state index is -0.660. The first-order valence-corrected chi connectivity index (χ1v) is 10.5. The third-order valence-electron chi connectivity index (χ3n) is 5.19. The normalized spacial score (nSPS) is 10.4. The van der Waals surface area contributed by atoms with Crippen LogP contribution in [0.3, 0.4) is 0 Å². The highest BCUT2D eigenvalue weighted by molar-refractivity contribution is 6.31. The lowest BCUT2D eigenvalue weighted by atomic mass is 9.99. The quantitative estimate of drug-likeness (QED) is 0.262. The summed E-state index contributed by atoms with van der Waals surface area (Å²) in [7, 11) is 1.53. The molecule has 8 nitrogen and oxygen atoms in total. The highest BCUT2D eigenvalue weighted by Crippen LogP contribution is 2.35. The average Bonchev–Trinajstić information content (AvgIpc) is 3.19. The van der Waals surface area contributed by atoms with Crippen LogP contribution in [0.4, 0.5) is 11.6 Å². The minimum Gasteiger partial charge on any atom is -0.495 e. The van der Waals surface area contributed by atoms with Crippen molar-refractivity contribution in [1.29, 1.82) is 0 Å². The van der Waals surface area contributed by atoms with Crippen LogP contribution in [-0.4, -0.2) is 28.0 Å². The van der Waals surface area contributed by atoms with Crippen molar-refractivity contribution in [2.24, 2.45) is 5.73 Å². The first kappa shape index (κ1) is 22.7. The number of methoxy groups -OCH3 is 1. The summed E-state index contributed by atoms with van der Waals surface area (Å²) in [6, 6.07) is 12.2. The van der Waals surface area contributed by atoms with E-state index in [1.807, 2.05) is 13.0 Å². The van der Waals surface area contributed by atoms with Gasteiger partial charge in [-0.2, -0.15) is 0 Å². The molecule has 0 aliphatic rings. The summed E-state index contributed by atoms with van der Waals surface area (Å²) in [5, 5.41) is 0.512. The fraction of sp³-hybridized carbons (Fsp3) is 0.0800. The Bertz CT molecular complexity index is 1480. The molecule has 0 aliphatic carbocycles. The number of halogens is 1. The van der Waals surface area contributed by atoms with Gasteiger partial charge < -0.3 is 26.9 Å². The van der Waals surface area contributed by atoms with Crippen LogP contribution in [0.15, 0.2) is 48.7 Å². The molecule has 2 aromatic carbocycles. The van der Waals surface area contributed by atoms with E-state index in [0.29, 0.717) is 50.2 Å². The second-order valence-electron chi connectivity index (χ2n) is 7.46. The van der Waals surface area contributed by atoms with E-state index in [1.165, 1.54) is 13.3 Å². The van der Waals surface area contributed by atoms with Crippen LogP contribution < -0.4 is 21.9 Å². The number of hydrogen-bond acceptors (Lipinski definition) is 6. The number of nitrogen functional groups attached to an aromatic ring is 2. The Balaban J connectivity index is 2.03. The van der Waals surface area contributed by atoms with Gasteiger partial charge in [0.25, 0.3) is 5.91 Å². The molecular formula is C25H21ClN6O2. The number of nitrogens with two attached hydrogens (primary N) is 3. The molecule has 0 spiro atoms. The number of aromatic nitrogens is 3. The zero-order chi connectivity index (χ0) is 24.4. The lowest BCUT2D eigenvalue weighted by molar-refractivity contribution is 0.100. The molecule has 4 aromatic rings. The SMILES string of the molecule is COc1cc(N)ccc1C#Cc1c(-c2ccnc(N)n2)[nH]c(-c2cc(Cl)ccc2C)c1C(N)=O. The van der Waals surface area contributed by atoms with Crippen LogP contribution in [0.1, 0.15) is 27.0 Å². The summed E-state index contributed by atoms with van der Waals surface area (Å²) in [5.74, 6) is 6.06. The Labute approximate surface area is 201 Å². The fourth-order valence-corrected chi connectivity index (χ4v) is 3.76. The first-order valence-electron chi connectivity index (χ1n) is 10.1. The van der Waals surface area contributed by atoms with Crippen molar-refractivity contribution in [3.8, 4) is 40.2 Å². The van der Waals surface area contributed by atoms with Gasteiger partial charge in [-0.3, -0.25) is 4.79 Å². The highest BCUT2D eigenvalue weighted by atomic mass is 35.5. The molecule has 2 aromatic heterocycles. The summed E-state index contributed by atoms with van der Waals surface area (Å²) in [5.41, 5.74) is 22.2. The van der Waals surface area contributed by atoms with E-state index in [4.69, 9.17) is 33.5 Å². The molecule has 0 atom stereocenters. The number of nitrogens with zero attached hydrogens (tertiary/aromatic N) is 2. The number of anilines is 2. The second-order valence-corrected chi connectivity index (χ2v) is 7.89. The Hall–Kier alpha value is -4.48. The number of ether oxygens (including phenoxy) is 1. The molecule has 1 amide bonds. The van der Waals surface area contributed by atoms with Gasteiger partial charge in [-0.15, -0.1) is 0 Å². The monoisotopic (exact) mass is 472 g/mol. The molecular weight excluding hydrogens is 452 g/mol. The predicted octanol–water partition coefficient (Wildman–Crippen LogP) is 3.77. The van der Waals surface area contributed by atoms with E-state index in [9.17, 15) is 4.79 Å². The largest absolute Gasteiger partial charge is 0.495 e. The van der Waals surface area contributed by atoms with Gasteiger partial charge in [0.05, 0.1) is 40.9 Å². The average molecular weight is 473 g/mol. The van der Waals surface area contributed by atoms with E-state index in [-0.39, 0.29) is 11.5 Å². The van der Waals surface area contributed by atoms with Crippen molar-refractivity contribution in [3.05, 3.63) is 75.9 Å². The van der Waals surface area contributed by atoms with Crippen molar-refractivity contribution >= 4 is 29.1 Å². The van der Waals surface area contributed by atoms with E-state index in [1.54, 1.807) is 36.4 Å². The third kappa shape index (κ3) is 4.37. The maximum atomic E-state index is 12.7. The molecule has 7 N–H and O–H groups in total. The molecule has 0 unspecified atom stereocenters. The van der Waals surface area contributed by atoms with Gasteiger partial charge in [0, 0.05) is 28.5 Å². The number of amides is 1. The van der Waals surface area contributed by atoms with Gasteiger partial charge in [-0.25, -0.2) is 9.97 Å². The van der Waals surface area contributed by atoms with Crippen LogP contribution in [0.2, 0.25) is 5.02 Å². The topological polar surface area (TPSA) is 146 Å². The molecule has 0 radical (unpaired) electrons. The zero-order valence-electron chi connectivity index (χ0n) is 18.4. The molecule has 170 valence electrons. The number of H-pyrrole nitrogens is 1. The van der Waals surface area contributed by atoms with Crippen molar-refractivity contribution in [3.63, 3.8) is 0 Å². The number of benzene rings is 2. The number of primary amides is 1. The molecule has 0 fully saturated rings. The van der Waals surface area contributed by atoms with Gasteiger partial charge in [0.2, 0.25) is 5.95 Å². The van der Waals surface area contributed by atoms with E-state index in [2.05, 4.69) is 26.8 Å². The predicted molar refractivity (Wildman–Crippen MR) is 133 cm³/mol. The van der Waals surface area contributed by atoms with Crippen LogP contribution in [0.25, 0.3) is 22.6 Å².